The van der Waals surface area contributed by atoms with Gasteiger partial charge in [-0.2, -0.15) is 5.10 Å². The molecule has 0 aliphatic carbocycles. The van der Waals surface area contributed by atoms with Gasteiger partial charge in [0.2, 0.25) is 10.0 Å². The van der Waals surface area contributed by atoms with Crippen molar-refractivity contribution < 1.29 is 13.2 Å². The number of carbonyl (C=O) groups excluding carboxylic acids is 1. The highest BCUT2D eigenvalue weighted by Gasteiger charge is 2.20. The molecule has 0 atom stereocenters. The molecule has 1 aromatic heterocycles. The first kappa shape index (κ1) is 22.3. The Labute approximate surface area is 183 Å². The standard InChI is InChI=1S/C23H26N4O3S/c1-17-9-8-12-22(13-17)27-18(2)14-20(19(27)3)15-24-25-23(28)16-26(31(4,29)30)21-10-6-5-7-11-21/h5-15H,16H2,1-4H3,(H,25,28)/b24-15+. The maximum atomic E-state index is 12.3. The predicted molar refractivity (Wildman–Crippen MR) is 124 cm³/mol. The van der Waals surface area contributed by atoms with Crippen molar-refractivity contribution in [3.8, 4) is 5.69 Å². The number of rotatable bonds is 7. The molecule has 31 heavy (non-hydrogen) atoms. The van der Waals surface area contributed by atoms with Crippen molar-refractivity contribution >= 4 is 27.8 Å². The number of carbonyl (C=O) groups is 1. The Morgan fingerprint density at radius 3 is 2.42 bits per heavy atom. The first-order valence-electron chi connectivity index (χ1n) is 9.77. The lowest BCUT2D eigenvalue weighted by molar-refractivity contribution is -0.119. The Kier molecular flexibility index (Phi) is 6.60. The number of amides is 1. The highest BCUT2D eigenvalue weighted by atomic mass is 32.2. The molecule has 1 N–H and O–H groups in total. The first-order valence-corrected chi connectivity index (χ1v) is 11.6. The third-order valence-electron chi connectivity index (χ3n) is 4.85. The van der Waals surface area contributed by atoms with E-state index in [4.69, 9.17) is 0 Å². The van der Waals surface area contributed by atoms with E-state index in [0.717, 1.165) is 33.2 Å². The van der Waals surface area contributed by atoms with E-state index in [-0.39, 0.29) is 6.54 Å². The van der Waals surface area contributed by atoms with Crippen molar-refractivity contribution in [1.82, 2.24) is 9.99 Å². The Balaban J connectivity index is 1.73. The summed E-state index contributed by atoms with van der Waals surface area (Å²) >= 11 is 0. The van der Waals surface area contributed by atoms with Gasteiger partial charge in [0.05, 0.1) is 18.2 Å². The number of nitrogens with one attached hydrogen (secondary N) is 1. The summed E-state index contributed by atoms with van der Waals surface area (Å²) < 4.78 is 27.4. The van der Waals surface area contributed by atoms with Crippen LogP contribution < -0.4 is 9.73 Å². The molecule has 3 rings (SSSR count). The quantitative estimate of drug-likeness (QED) is 0.454. The van der Waals surface area contributed by atoms with E-state index in [9.17, 15) is 13.2 Å². The molecule has 162 valence electrons. The smallest absolute Gasteiger partial charge is 0.260 e. The minimum atomic E-state index is -3.62. The van der Waals surface area contributed by atoms with Crippen LogP contribution in [0.15, 0.2) is 65.8 Å². The Morgan fingerprint density at radius 2 is 1.77 bits per heavy atom. The zero-order valence-electron chi connectivity index (χ0n) is 18.0. The molecule has 2 aromatic carbocycles. The summed E-state index contributed by atoms with van der Waals surface area (Å²) in [4.78, 5) is 12.3. The van der Waals surface area contributed by atoms with Crippen molar-refractivity contribution in [2.45, 2.75) is 20.8 Å². The Bertz CT molecular complexity index is 1210. The van der Waals surface area contributed by atoms with E-state index in [1.54, 1.807) is 36.5 Å². The minimum absolute atomic E-state index is 0.359. The normalized spacial score (nSPS) is 11.6. The van der Waals surface area contributed by atoms with E-state index in [2.05, 4.69) is 21.2 Å². The lowest BCUT2D eigenvalue weighted by Gasteiger charge is -2.21. The zero-order chi connectivity index (χ0) is 22.6. The number of hydrazone groups is 1. The van der Waals surface area contributed by atoms with Gasteiger partial charge >= 0.3 is 0 Å². The molecule has 1 heterocycles. The monoisotopic (exact) mass is 438 g/mol. The molecule has 0 radical (unpaired) electrons. The maximum absolute atomic E-state index is 12.3. The summed E-state index contributed by atoms with van der Waals surface area (Å²) in [5.74, 6) is -0.530. The maximum Gasteiger partial charge on any atom is 0.260 e. The van der Waals surface area contributed by atoms with Gasteiger partial charge in [-0.3, -0.25) is 9.10 Å². The van der Waals surface area contributed by atoms with E-state index in [1.807, 2.05) is 45.0 Å². The summed E-state index contributed by atoms with van der Waals surface area (Å²) in [5.41, 5.74) is 7.97. The molecular formula is C23H26N4O3S. The summed E-state index contributed by atoms with van der Waals surface area (Å²) in [6.07, 6.45) is 2.64. The van der Waals surface area contributed by atoms with Crippen LogP contribution >= 0.6 is 0 Å². The van der Waals surface area contributed by atoms with Crippen molar-refractivity contribution in [2.75, 3.05) is 17.1 Å². The third kappa shape index (κ3) is 5.40. The number of para-hydroxylation sites is 1. The van der Waals surface area contributed by atoms with Crippen molar-refractivity contribution in [2.24, 2.45) is 5.10 Å². The van der Waals surface area contributed by atoms with E-state index in [0.29, 0.717) is 5.69 Å². The van der Waals surface area contributed by atoms with E-state index < -0.39 is 15.9 Å². The third-order valence-corrected chi connectivity index (χ3v) is 6.00. The molecule has 8 heteroatoms. The second-order valence-electron chi connectivity index (χ2n) is 7.40. The molecule has 1 amide bonds. The van der Waals surface area contributed by atoms with Crippen LogP contribution in [0.1, 0.15) is 22.5 Å². The van der Waals surface area contributed by atoms with Gasteiger partial charge in [0.15, 0.2) is 0 Å². The first-order chi connectivity index (χ1) is 14.7. The molecule has 7 nitrogen and oxygen atoms in total. The molecule has 0 spiro atoms. The van der Waals surface area contributed by atoms with Crippen molar-refractivity contribution in [3.63, 3.8) is 0 Å². The molecule has 3 aromatic rings. The highest BCUT2D eigenvalue weighted by molar-refractivity contribution is 7.92. The van der Waals surface area contributed by atoms with Crippen molar-refractivity contribution in [1.29, 1.82) is 0 Å². The summed E-state index contributed by atoms with van der Waals surface area (Å²) in [6, 6.07) is 18.7. The average Bonchev–Trinajstić information content (AvgIpc) is 2.99. The van der Waals surface area contributed by atoms with Gasteiger partial charge in [0, 0.05) is 22.6 Å². The summed E-state index contributed by atoms with van der Waals surface area (Å²) in [7, 11) is -3.62. The molecule has 0 aliphatic rings. The fourth-order valence-electron chi connectivity index (χ4n) is 3.42. The highest BCUT2D eigenvalue weighted by Crippen LogP contribution is 2.20. The fraction of sp³-hybridized carbons (Fsp3) is 0.217. The number of hydrogen-bond donors (Lipinski definition) is 1. The number of sulfonamides is 1. The number of benzene rings is 2. The summed E-state index contributed by atoms with van der Waals surface area (Å²) in [6.45, 7) is 5.68. The lowest BCUT2D eigenvalue weighted by Crippen LogP contribution is -2.38. The van der Waals surface area contributed by atoms with Gasteiger partial charge in [-0.05, 0) is 56.7 Å². The van der Waals surface area contributed by atoms with Crippen LogP contribution in [0.3, 0.4) is 0 Å². The molecular weight excluding hydrogens is 412 g/mol. The van der Waals surface area contributed by atoms with Gasteiger partial charge in [-0.15, -0.1) is 0 Å². The van der Waals surface area contributed by atoms with Crippen LogP contribution in [-0.4, -0.2) is 37.9 Å². The van der Waals surface area contributed by atoms with Crippen LogP contribution in [0, 0.1) is 20.8 Å². The number of hydrogen-bond acceptors (Lipinski definition) is 4. The van der Waals surface area contributed by atoms with Gasteiger partial charge in [0.1, 0.15) is 6.54 Å². The topological polar surface area (TPSA) is 83.8 Å². The van der Waals surface area contributed by atoms with Gasteiger partial charge in [0.25, 0.3) is 5.91 Å². The minimum Gasteiger partial charge on any atom is -0.318 e. The largest absolute Gasteiger partial charge is 0.318 e. The van der Waals surface area contributed by atoms with E-state index in [1.165, 1.54) is 5.56 Å². The molecule has 0 unspecified atom stereocenters. The van der Waals surface area contributed by atoms with Crippen LogP contribution in [0.25, 0.3) is 5.69 Å². The number of anilines is 1. The second kappa shape index (κ2) is 9.18. The van der Waals surface area contributed by atoms with Gasteiger partial charge in [-0.1, -0.05) is 30.3 Å². The number of nitrogens with zero attached hydrogens (tertiary/aromatic N) is 3. The van der Waals surface area contributed by atoms with Crippen LogP contribution in [0.4, 0.5) is 5.69 Å². The fourth-order valence-corrected chi connectivity index (χ4v) is 4.27. The Morgan fingerprint density at radius 1 is 1.06 bits per heavy atom. The summed E-state index contributed by atoms with van der Waals surface area (Å²) in [5, 5.41) is 4.04. The average molecular weight is 439 g/mol. The van der Waals surface area contributed by atoms with Crippen LogP contribution in [0.5, 0.6) is 0 Å². The number of aryl methyl sites for hydroxylation is 2. The van der Waals surface area contributed by atoms with E-state index >= 15 is 0 Å². The molecule has 0 fully saturated rings. The molecule has 0 bridgehead atoms. The lowest BCUT2D eigenvalue weighted by atomic mass is 10.2. The predicted octanol–water partition coefficient (Wildman–Crippen LogP) is 3.32. The van der Waals surface area contributed by atoms with Gasteiger partial charge in [-0.25, -0.2) is 13.8 Å². The second-order valence-corrected chi connectivity index (χ2v) is 9.31. The van der Waals surface area contributed by atoms with Crippen LogP contribution in [0.2, 0.25) is 0 Å². The Hall–Kier alpha value is -3.39. The SMILES string of the molecule is Cc1cccc(-n2c(C)cc(/C=N/NC(=O)CN(c3ccccc3)S(C)(=O)=O)c2C)c1. The molecule has 0 aliphatic heterocycles. The van der Waals surface area contributed by atoms with Gasteiger partial charge < -0.3 is 4.57 Å². The molecule has 0 saturated heterocycles. The van der Waals surface area contributed by atoms with Crippen LogP contribution in [-0.2, 0) is 14.8 Å². The molecule has 0 saturated carbocycles. The number of aromatic nitrogens is 1. The zero-order valence-corrected chi connectivity index (χ0v) is 18.8. The van der Waals surface area contributed by atoms with Crippen molar-refractivity contribution in [3.05, 3.63) is 83.2 Å².